The van der Waals surface area contributed by atoms with Gasteiger partial charge in [-0.05, 0) is 30.7 Å². The van der Waals surface area contributed by atoms with E-state index in [-0.39, 0.29) is 12.5 Å². The Bertz CT molecular complexity index is 1190. The van der Waals surface area contributed by atoms with E-state index >= 15 is 0 Å². The lowest BCUT2D eigenvalue weighted by Gasteiger charge is -2.23. The first-order chi connectivity index (χ1) is 14.4. The molecule has 3 aromatic rings. The van der Waals surface area contributed by atoms with Gasteiger partial charge in [0.25, 0.3) is 5.91 Å². The number of carbonyl (C=O) groups is 1. The summed E-state index contributed by atoms with van der Waals surface area (Å²) in [7, 11) is -3.56. The molecule has 0 bridgehead atoms. The van der Waals surface area contributed by atoms with Crippen LogP contribution in [0.1, 0.15) is 32.2 Å². The van der Waals surface area contributed by atoms with E-state index in [2.05, 4.69) is 15.3 Å². The summed E-state index contributed by atoms with van der Waals surface area (Å²) in [5.41, 5.74) is 3.08. The van der Waals surface area contributed by atoms with Gasteiger partial charge in [0.15, 0.2) is 5.13 Å². The molecule has 30 heavy (non-hydrogen) atoms. The normalized spacial score (nSPS) is 14.6. The maximum atomic E-state index is 12.8. The highest BCUT2D eigenvalue weighted by Crippen LogP contribution is 2.30. The Morgan fingerprint density at radius 2 is 2.00 bits per heavy atom. The lowest BCUT2D eigenvalue weighted by molar-refractivity contribution is 0.102. The van der Waals surface area contributed by atoms with Gasteiger partial charge in [-0.15, -0.1) is 11.3 Å². The molecule has 1 aliphatic rings. The van der Waals surface area contributed by atoms with Gasteiger partial charge < -0.3 is 0 Å². The number of aryl methyl sites for hydroxylation is 1. The maximum absolute atomic E-state index is 12.8. The number of thiazole rings is 1. The number of nitrogens with one attached hydrogen (secondary N) is 1. The van der Waals surface area contributed by atoms with E-state index in [0.29, 0.717) is 23.8 Å². The minimum Gasteiger partial charge on any atom is -0.296 e. The van der Waals surface area contributed by atoms with E-state index in [1.807, 2.05) is 31.2 Å². The van der Waals surface area contributed by atoms with Crippen LogP contribution in [0.2, 0.25) is 0 Å². The van der Waals surface area contributed by atoms with Crippen molar-refractivity contribution in [2.75, 3.05) is 11.9 Å². The molecule has 0 saturated carbocycles. The molecule has 1 aromatic carbocycles. The molecule has 0 atom stereocenters. The first-order valence-electron chi connectivity index (χ1n) is 9.36. The predicted molar refractivity (Wildman–Crippen MR) is 118 cm³/mol. The zero-order valence-electron chi connectivity index (χ0n) is 16.3. The molecule has 0 fully saturated rings. The topological polar surface area (TPSA) is 92.3 Å². The van der Waals surface area contributed by atoms with Gasteiger partial charge in [0.1, 0.15) is 5.69 Å². The molecule has 0 radical (unpaired) electrons. The second-order valence-electron chi connectivity index (χ2n) is 6.90. The Hall–Kier alpha value is -2.88. The molecule has 7 nitrogen and oxygen atoms in total. The standard InChI is InChI=1S/C21H20N4O3S2/c1-15-5-7-16(8-6-15)10-13-30(27,28)25-12-9-17-19(14-25)29-21(23-17)24-20(26)18-4-2-3-11-22-18/h2-8,10-11,13H,9,12,14H2,1H3,(H,23,24,26)/b13-10+. The number of sulfonamides is 1. The fourth-order valence-electron chi connectivity index (χ4n) is 3.03. The van der Waals surface area contributed by atoms with Crippen LogP contribution in [-0.2, 0) is 23.0 Å². The Balaban J connectivity index is 1.45. The third-order valence-corrected chi connectivity index (χ3v) is 7.19. The summed E-state index contributed by atoms with van der Waals surface area (Å²) in [5.74, 6) is -0.341. The van der Waals surface area contributed by atoms with Gasteiger partial charge in [0.2, 0.25) is 10.0 Å². The number of amides is 1. The molecule has 1 amide bonds. The van der Waals surface area contributed by atoms with Gasteiger partial charge >= 0.3 is 0 Å². The van der Waals surface area contributed by atoms with Crippen LogP contribution in [0, 0.1) is 6.92 Å². The van der Waals surface area contributed by atoms with Crippen molar-refractivity contribution >= 4 is 38.5 Å². The average Bonchev–Trinajstić information content (AvgIpc) is 3.15. The van der Waals surface area contributed by atoms with Crippen molar-refractivity contribution < 1.29 is 13.2 Å². The first kappa shape index (κ1) is 20.4. The van der Waals surface area contributed by atoms with Gasteiger partial charge in [-0.1, -0.05) is 35.9 Å². The summed E-state index contributed by atoms with van der Waals surface area (Å²) < 4.78 is 26.9. The van der Waals surface area contributed by atoms with Crippen molar-refractivity contribution in [1.29, 1.82) is 0 Å². The number of carbonyl (C=O) groups excluding carboxylic acids is 1. The Morgan fingerprint density at radius 3 is 2.73 bits per heavy atom. The highest BCUT2D eigenvalue weighted by Gasteiger charge is 2.28. The van der Waals surface area contributed by atoms with E-state index in [1.54, 1.807) is 30.5 Å². The third-order valence-electron chi connectivity index (χ3n) is 4.68. The molecule has 0 aliphatic carbocycles. The van der Waals surface area contributed by atoms with E-state index in [4.69, 9.17) is 0 Å². The van der Waals surface area contributed by atoms with Crippen LogP contribution in [0.25, 0.3) is 6.08 Å². The van der Waals surface area contributed by atoms with Gasteiger partial charge in [-0.3, -0.25) is 15.1 Å². The van der Waals surface area contributed by atoms with E-state index < -0.39 is 10.0 Å². The predicted octanol–water partition coefficient (Wildman–Crippen LogP) is 3.46. The maximum Gasteiger partial charge on any atom is 0.276 e. The molecule has 154 valence electrons. The van der Waals surface area contributed by atoms with Gasteiger partial charge in [-0.2, -0.15) is 4.31 Å². The quantitative estimate of drug-likeness (QED) is 0.656. The summed E-state index contributed by atoms with van der Waals surface area (Å²) in [4.78, 5) is 21.6. The zero-order valence-corrected chi connectivity index (χ0v) is 17.9. The second kappa shape index (κ2) is 8.47. The smallest absolute Gasteiger partial charge is 0.276 e. The van der Waals surface area contributed by atoms with E-state index in [0.717, 1.165) is 21.7 Å². The van der Waals surface area contributed by atoms with Crippen molar-refractivity contribution in [3.63, 3.8) is 0 Å². The molecule has 2 aromatic heterocycles. The molecular weight excluding hydrogens is 420 g/mol. The number of benzene rings is 1. The second-order valence-corrected chi connectivity index (χ2v) is 9.80. The molecule has 4 rings (SSSR count). The van der Waals surface area contributed by atoms with Crippen LogP contribution in [0.3, 0.4) is 0 Å². The van der Waals surface area contributed by atoms with Crippen LogP contribution < -0.4 is 5.32 Å². The average molecular weight is 441 g/mol. The number of rotatable bonds is 5. The highest BCUT2D eigenvalue weighted by molar-refractivity contribution is 7.92. The highest BCUT2D eigenvalue weighted by atomic mass is 32.2. The number of fused-ring (bicyclic) bond motifs is 1. The minimum absolute atomic E-state index is 0.243. The zero-order chi connectivity index (χ0) is 21.1. The van der Waals surface area contributed by atoms with Gasteiger partial charge in [0, 0.05) is 29.4 Å². The summed E-state index contributed by atoms with van der Waals surface area (Å²) in [6.07, 6.45) is 3.66. The number of hydrogen-bond donors (Lipinski definition) is 1. The molecular formula is C21H20N4O3S2. The van der Waals surface area contributed by atoms with Crippen molar-refractivity contribution in [3.8, 4) is 0 Å². The molecule has 0 unspecified atom stereocenters. The summed E-state index contributed by atoms with van der Waals surface area (Å²) in [6.45, 7) is 2.58. The van der Waals surface area contributed by atoms with Crippen LogP contribution in [-0.4, -0.2) is 35.1 Å². The van der Waals surface area contributed by atoms with Crippen LogP contribution in [0.15, 0.2) is 54.1 Å². The number of pyridine rings is 1. The third kappa shape index (κ3) is 4.64. The fraction of sp³-hybridized carbons (Fsp3) is 0.190. The van der Waals surface area contributed by atoms with Crippen molar-refractivity contribution in [2.24, 2.45) is 0 Å². The summed E-state index contributed by atoms with van der Waals surface area (Å²) >= 11 is 1.29. The molecule has 3 heterocycles. The van der Waals surface area contributed by atoms with Crippen molar-refractivity contribution in [2.45, 2.75) is 19.9 Å². The van der Waals surface area contributed by atoms with Crippen LogP contribution >= 0.6 is 11.3 Å². The molecule has 1 N–H and O–H groups in total. The van der Waals surface area contributed by atoms with E-state index in [1.165, 1.54) is 21.1 Å². The fourth-order valence-corrected chi connectivity index (χ4v) is 5.29. The molecule has 9 heteroatoms. The number of hydrogen-bond acceptors (Lipinski definition) is 6. The lowest BCUT2D eigenvalue weighted by Crippen LogP contribution is -2.34. The molecule has 1 aliphatic heterocycles. The largest absolute Gasteiger partial charge is 0.296 e. The Labute approximate surface area is 179 Å². The number of anilines is 1. The van der Waals surface area contributed by atoms with Crippen LogP contribution in [0.5, 0.6) is 0 Å². The lowest BCUT2D eigenvalue weighted by atomic mass is 10.2. The number of aromatic nitrogens is 2. The first-order valence-corrected chi connectivity index (χ1v) is 11.7. The van der Waals surface area contributed by atoms with Crippen molar-refractivity contribution in [3.05, 3.63) is 81.5 Å². The molecule has 0 spiro atoms. The summed E-state index contributed by atoms with van der Waals surface area (Å²) in [5, 5.41) is 4.44. The van der Waals surface area contributed by atoms with Gasteiger partial charge in [-0.25, -0.2) is 13.4 Å². The van der Waals surface area contributed by atoms with Gasteiger partial charge in [0.05, 0.1) is 12.2 Å². The molecule has 0 saturated heterocycles. The minimum atomic E-state index is -3.56. The summed E-state index contributed by atoms with van der Waals surface area (Å²) in [6, 6.07) is 12.8. The van der Waals surface area contributed by atoms with Crippen LogP contribution in [0.4, 0.5) is 5.13 Å². The number of nitrogens with zero attached hydrogens (tertiary/aromatic N) is 3. The SMILES string of the molecule is Cc1ccc(/C=C/S(=O)(=O)N2CCc3nc(NC(=O)c4ccccn4)sc3C2)cc1. The Kier molecular flexibility index (Phi) is 5.76. The van der Waals surface area contributed by atoms with E-state index in [9.17, 15) is 13.2 Å². The monoisotopic (exact) mass is 440 g/mol. The van der Waals surface area contributed by atoms with Crippen molar-refractivity contribution in [1.82, 2.24) is 14.3 Å². The Morgan fingerprint density at radius 1 is 1.20 bits per heavy atom.